The van der Waals surface area contributed by atoms with Gasteiger partial charge in [-0.25, -0.2) is 13.2 Å². The molecule has 1 atom stereocenters. The molecule has 0 fully saturated rings. The van der Waals surface area contributed by atoms with Crippen molar-refractivity contribution in [2.45, 2.75) is 33.4 Å². The minimum atomic E-state index is -1.04. The number of H-pyrrole nitrogens is 1. The van der Waals surface area contributed by atoms with E-state index < -0.39 is 35.4 Å². The molecule has 2 N–H and O–H groups in total. The minimum absolute atomic E-state index is 0.100. The Morgan fingerprint density at radius 2 is 1.84 bits per heavy atom. The van der Waals surface area contributed by atoms with E-state index in [4.69, 9.17) is 4.74 Å². The van der Waals surface area contributed by atoms with Crippen molar-refractivity contribution in [1.82, 2.24) is 10.2 Å². The number of hydrogen-bond acceptors (Lipinski definition) is 4. The monoisotopic (exact) mass is 444 g/mol. The molecule has 166 valence electrons. The first-order chi connectivity index (χ1) is 15.2. The van der Waals surface area contributed by atoms with E-state index in [0.29, 0.717) is 11.1 Å². The van der Waals surface area contributed by atoms with Crippen molar-refractivity contribution in [3.8, 4) is 5.75 Å². The number of aromatic amines is 1. The Balaban J connectivity index is 1.73. The molecule has 0 saturated heterocycles. The largest absolute Gasteiger partial charge is 0.476 e. The zero-order valence-corrected chi connectivity index (χ0v) is 17.4. The summed E-state index contributed by atoms with van der Waals surface area (Å²) in [5.74, 6) is -3.76. The third kappa shape index (κ3) is 3.79. The predicted octanol–water partition coefficient (Wildman–Crippen LogP) is 4.01. The fraction of sp³-hybridized carbons (Fsp3) is 0.227. The van der Waals surface area contributed by atoms with Gasteiger partial charge in [-0.1, -0.05) is 0 Å². The molecule has 4 rings (SSSR count). The molecule has 0 radical (unpaired) electrons. The number of halogens is 3. The van der Waals surface area contributed by atoms with Crippen LogP contribution in [0.15, 0.2) is 30.5 Å². The number of aryl methyl sites for hydroxylation is 2. The van der Waals surface area contributed by atoms with Crippen LogP contribution in [0.5, 0.6) is 5.75 Å². The number of anilines is 2. The summed E-state index contributed by atoms with van der Waals surface area (Å²) >= 11 is 0. The first-order valence-electron chi connectivity index (χ1n) is 9.73. The van der Waals surface area contributed by atoms with Crippen molar-refractivity contribution in [3.63, 3.8) is 0 Å². The average Bonchev–Trinajstić information content (AvgIpc) is 3.15. The van der Waals surface area contributed by atoms with Crippen LogP contribution in [0.25, 0.3) is 0 Å². The fourth-order valence-corrected chi connectivity index (χ4v) is 3.57. The van der Waals surface area contributed by atoms with Crippen LogP contribution in [0.1, 0.15) is 34.1 Å². The standard InChI is InChI=1S/C22H19F3N4O3/c1-10-4-16-20(17(25)18(10)27-21(30)19-11(2)8-26-28-19)32-12(3)22(31)29(16)9-13-5-14(23)7-15(24)6-13/h4-8,12H,9H2,1-3H3,(H,26,28)(H,27,30). The third-order valence-corrected chi connectivity index (χ3v) is 5.16. The molecule has 0 aliphatic carbocycles. The Hall–Kier alpha value is -3.82. The van der Waals surface area contributed by atoms with Gasteiger partial charge in [0.25, 0.3) is 11.8 Å². The molecule has 1 unspecified atom stereocenters. The lowest BCUT2D eigenvalue weighted by molar-refractivity contribution is -0.125. The minimum Gasteiger partial charge on any atom is -0.476 e. The molecule has 0 spiro atoms. The van der Waals surface area contributed by atoms with Crippen molar-refractivity contribution in [2.24, 2.45) is 0 Å². The summed E-state index contributed by atoms with van der Waals surface area (Å²) in [6.07, 6.45) is 0.422. The van der Waals surface area contributed by atoms with Crippen LogP contribution in [0, 0.1) is 31.3 Å². The number of ether oxygens (including phenoxy) is 1. The van der Waals surface area contributed by atoms with Crippen molar-refractivity contribution < 1.29 is 27.5 Å². The Morgan fingerprint density at radius 1 is 1.16 bits per heavy atom. The number of benzene rings is 2. The highest BCUT2D eigenvalue weighted by Gasteiger charge is 2.35. The summed E-state index contributed by atoms with van der Waals surface area (Å²) in [5, 5.41) is 8.84. The normalized spacial score (nSPS) is 15.4. The first-order valence-corrected chi connectivity index (χ1v) is 9.73. The highest BCUT2D eigenvalue weighted by molar-refractivity contribution is 6.05. The van der Waals surface area contributed by atoms with Gasteiger partial charge in [0.1, 0.15) is 17.3 Å². The topological polar surface area (TPSA) is 87.3 Å². The van der Waals surface area contributed by atoms with Gasteiger partial charge in [0.15, 0.2) is 17.7 Å². The van der Waals surface area contributed by atoms with Crippen molar-refractivity contribution >= 4 is 23.2 Å². The Bertz CT molecular complexity index is 1220. The lowest BCUT2D eigenvalue weighted by atomic mass is 10.1. The Morgan fingerprint density at radius 3 is 2.47 bits per heavy atom. The molecule has 3 aromatic rings. The summed E-state index contributed by atoms with van der Waals surface area (Å²) in [6.45, 7) is 4.49. The van der Waals surface area contributed by atoms with Gasteiger partial charge < -0.3 is 15.0 Å². The van der Waals surface area contributed by atoms with E-state index in [0.717, 1.165) is 18.2 Å². The third-order valence-electron chi connectivity index (χ3n) is 5.16. The molecule has 1 aromatic heterocycles. The van der Waals surface area contributed by atoms with Gasteiger partial charge in [-0.05, 0) is 55.7 Å². The van der Waals surface area contributed by atoms with Gasteiger partial charge >= 0.3 is 0 Å². The number of aromatic nitrogens is 2. The van der Waals surface area contributed by atoms with Crippen molar-refractivity contribution in [3.05, 3.63) is 70.3 Å². The van der Waals surface area contributed by atoms with Crippen LogP contribution in [-0.4, -0.2) is 28.1 Å². The number of rotatable bonds is 4. The number of carbonyl (C=O) groups is 2. The molecule has 7 nitrogen and oxygen atoms in total. The molecule has 1 aliphatic heterocycles. The number of carbonyl (C=O) groups excluding carboxylic acids is 2. The number of nitrogens with zero attached hydrogens (tertiary/aromatic N) is 2. The van der Waals surface area contributed by atoms with E-state index in [1.807, 2.05) is 0 Å². The molecule has 2 amide bonds. The van der Waals surface area contributed by atoms with E-state index in [2.05, 4.69) is 15.5 Å². The number of amides is 2. The number of fused-ring (bicyclic) bond motifs is 1. The molecule has 32 heavy (non-hydrogen) atoms. The summed E-state index contributed by atoms with van der Waals surface area (Å²) in [7, 11) is 0. The molecule has 10 heteroatoms. The second kappa shape index (κ2) is 8.03. The summed E-state index contributed by atoms with van der Waals surface area (Å²) < 4.78 is 48.2. The Labute approximate surface area is 181 Å². The summed E-state index contributed by atoms with van der Waals surface area (Å²) in [6, 6.07) is 4.40. The summed E-state index contributed by atoms with van der Waals surface area (Å²) in [4.78, 5) is 26.5. The van der Waals surface area contributed by atoms with Crippen LogP contribution in [0.2, 0.25) is 0 Å². The molecule has 1 aliphatic rings. The van der Waals surface area contributed by atoms with E-state index in [1.165, 1.54) is 24.1 Å². The smallest absolute Gasteiger partial charge is 0.274 e. The zero-order valence-electron chi connectivity index (χ0n) is 17.4. The quantitative estimate of drug-likeness (QED) is 0.637. The van der Waals surface area contributed by atoms with Crippen LogP contribution >= 0.6 is 0 Å². The van der Waals surface area contributed by atoms with Gasteiger partial charge in [-0.15, -0.1) is 0 Å². The van der Waals surface area contributed by atoms with Crippen LogP contribution in [0.3, 0.4) is 0 Å². The molecule has 2 heterocycles. The second-order valence-electron chi connectivity index (χ2n) is 7.57. The molecule has 2 aromatic carbocycles. The summed E-state index contributed by atoms with van der Waals surface area (Å²) in [5.41, 5.74) is 1.28. The van der Waals surface area contributed by atoms with Crippen molar-refractivity contribution in [2.75, 3.05) is 10.2 Å². The van der Waals surface area contributed by atoms with E-state index in [1.54, 1.807) is 13.8 Å². The molecule has 0 saturated carbocycles. The van der Waals surface area contributed by atoms with Gasteiger partial charge in [0.05, 0.1) is 24.1 Å². The Kier molecular flexibility index (Phi) is 5.37. The first kappa shape index (κ1) is 21.4. The maximum Gasteiger partial charge on any atom is 0.274 e. The molecular weight excluding hydrogens is 425 g/mol. The van der Waals surface area contributed by atoms with Crippen molar-refractivity contribution in [1.29, 1.82) is 0 Å². The number of nitrogens with one attached hydrogen (secondary N) is 2. The van der Waals surface area contributed by atoms with Gasteiger partial charge in [-0.3, -0.25) is 14.7 Å². The fourth-order valence-electron chi connectivity index (χ4n) is 3.57. The van der Waals surface area contributed by atoms with Crippen LogP contribution in [-0.2, 0) is 11.3 Å². The molecule has 0 bridgehead atoms. The highest BCUT2D eigenvalue weighted by Crippen LogP contribution is 2.42. The number of hydrogen-bond donors (Lipinski definition) is 2. The van der Waals surface area contributed by atoms with E-state index >= 15 is 4.39 Å². The lowest BCUT2D eigenvalue weighted by Gasteiger charge is -2.34. The maximum absolute atomic E-state index is 15.4. The highest BCUT2D eigenvalue weighted by atomic mass is 19.1. The van der Waals surface area contributed by atoms with Crippen LogP contribution in [0.4, 0.5) is 24.5 Å². The average molecular weight is 444 g/mol. The van der Waals surface area contributed by atoms with Gasteiger partial charge in [0.2, 0.25) is 0 Å². The maximum atomic E-state index is 15.4. The van der Waals surface area contributed by atoms with Gasteiger partial charge in [0, 0.05) is 6.07 Å². The molecular formula is C22H19F3N4O3. The lowest BCUT2D eigenvalue weighted by Crippen LogP contribution is -2.44. The van der Waals surface area contributed by atoms with E-state index in [9.17, 15) is 18.4 Å². The predicted molar refractivity (Wildman–Crippen MR) is 110 cm³/mol. The van der Waals surface area contributed by atoms with Crippen LogP contribution < -0.4 is 15.0 Å². The SMILES string of the molecule is Cc1cn[nH]c1C(=O)Nc1c(C)cc2c(c1F)OC(C)C(=O)N2Cc1cc(F)cc(F)c1. The zero-order chi connectivity index (χ0) is 23.2. The second-order valence-corrected chi connectivity index (χ2v) is 7.57. The van der Waals surface area contributed by atoms with Gasteiger partial charge in [-0.2, -0.15) is 5.10 Å². The van der Waals surface area contributed by atoms with E-state index in [-0.39, 0.29) is 34.9 Å².